The fourth-order valence-corrected chi connectivity index (χ4v) is 1.90. The van der Waals surface area contributed by atoms with Gasteiger partial charge in [-0.3, -0.25) is 4.79 Å². The van der Waals surface area contributed by atoms with Gasteiger partial charge in [-0.05, 0) is 30.5 Å². The fourth-order valence-electron chi connectivity index (χ4n) is 1.90. The molecule has 0 aliphatic heterocycles. The predicted octanol–water partition coefficient (Wildman–Crippen LogP) is 1.16. The lowest BCUT2D eigenvalue weighted by molar-refractivity contribution is -0.121. The van der Waals surface area contributed by atoms with E-state index in [4.69, 9.17) is 15.2 Å². The Labute approximate surface area is 130 Å². The van der Waals surface area contributed by atoms with Gasteiger partial charge in [-0.15, -0.1) is 0 Å². The maximum absolute atomic E-state index is 11.7. The van der Waals surface area contributed by atoms with E-state index in [1.54, 1.807) is 20.3 Å². The molecule has 1 aromatic carbocycles. The first kappa shape index (κ1) is 17.6. The number of urea groups is 1. The summed E-state index contributed by atoms with van der Waals surface area (Å²) in [4.78, 5) is 22.2. The van der Waals surface area contributed by atoms with Gasteiger partial charge in [-0.1, -0.05) is 6.07 Å². The lowest BCUT2D eigenvalue weighted by Gasteiger charge is -2.10. The Morgan fingerprint density at radius 2 is 1.82 bits per heavy atom. The Morgan fingerprint density at radius 1 is 1.09 bits per heavy atom. The average molecular weight is 309 g/mol. The van der Waals surface area contributed by atoms with Crippen molar-refractivity contribution in [1.82, 2.24) is 10.6 Å². The summed E-state index contributed by atoms with van der Waals surface area (Å²) in [7, 11) is 3.15. The van der Waals surface area contributed by atoms with E-state index in [0.717, 1.165) is 5.56 Å². The van der Waals surface area contributed by atoms with Gasteiger partial charge in [0, 0.05) is 19.5 Å². The van der Waals surface area contributed by atoms with Crippen molar-refractivity contribution in [3.8, 4) is 11.5 Å². The van der Waals surface area contributed by atoms with Crippen LogP contribution in [0.15, 0.2) is 18.2 Å². The number of benzene rings is 1. The Kier molecular flexibility index (Phi) is 7.60. The highest BCUT2D eigenvalue weighted by Crippen LogP contribution is 2.27. The number of nitrogens with two attached hydrogens (primary N) is 1. The summed E-state index contributed by atoms with van der Waals surface area (Å²) in [5, 5.41) is 5.32. The summed E-state index contributed by atoms with van der Waals surface area (Å²) in [6.45, 7) is 0.914. The van der Waals surface area contributed by atoms with Crippen LogP contribution in [-0.4, -0.2) is 32.7 Å². The predicted molar refractivity (Wildman–Crippen MR) is 82.8 cm³/mol. The van der Waals surface area contributed by atoms with Gasteiger partial charge >= 0.3 is 6.03 Å². The minimum atomic E-state index is -0.544. The molecular formula is C15H23N3O4. The molecule has 22 heavy (non-hydrogen) atoms. The zero-order chi connectivity index (χ0) is 16.4. The summed E-state index contributed by atoms with van der Waals surface area (Å²) in [6.07, 6.45) is 1.82. The van der Waals surface area contributed by atoms with E-state index >= 15 is 0 Å². The van der Waals surface area contributed by atoms with E-state index in [1.165, 1.54) is 0 Å². The molecule has 3 amide bonds. The van der Waals surface area contributed by atoms with Crippen molar-refractivity contribution in [2.24, 2.45) is 5.73 Å². The summed E-state index contributed by atoms with van der Waals surface area (Å²) in [5.74, 6) is 1.25. The van der Waals surface area contributed by atoms with Crippen molar-refractivity contribution in [3.05, 3.63) is 23.8 Å². The number of unbranched alkanes of at least 4 members (excludes halogenated alkanes) is 1. The van der Waals surface area contributed by atoms with Crippen molar-refractivity contribution in [2.45, 2.75) is 25.8 Å². The van der Waals surface area contributed by atoms with E-state index in [0.29, 0.717) is 43.9 Å². The Morgan fingerprint density at radius 3 is 2.45 bits per heavy atom. The maximum atomic E-state index is 11.7. The molecule has 0 bridgehead atoms. The first-order valence-electron chi connectivity index (χ1n) is 7.07. The van der Waals surface area contributed by atoms with Gasteiger partial charge in [0.25, 0.3) is 0 Å². The first-order valence-corrected chi connectivity index (χ1v) is 7.07. The number of methoxy groups -OCH3 is 2. The average Bonchev–Trinajstić information content (AvgIpc) is 2.51. The van der Waals surface area contributed by atoms with Crippen LogP contribution in [0.25, 0.3) is 0 Å². The van der Waals surface area contributed by atoms with Crippen molar-refractivity contribution >= 4 is 11.9 Å². The van der Waals surface area contributed by atoms with Crippen molar-refractivity contribution < 1.29 is 19.1 Å². The molecule has 0 saturated heterocycles. The summed E-state index contributed by atoms with van der Waals surface area (Å²) in [5.41, 5.74) is 5.87. The van der Waals surface area contributed by atoms with E-state index in [9.17, 15) is 9.59 Å². The lowest BCUT2D eigenvalue weighted by atomic mass is 10.2. The monoisotopic (exact) mass is 309 g/mol. The van der Waals surface area contributed by atoms with E-state index in [-0.39, 0.29) is 5.91 Å². The molecule has 0 fully saturated rings. The number of carbonyl (C=O) groups is 2. The Bertz CT molecular complexity index is 506. The quantitative estimate of drug-likeness (QED) is 0.595. The van der Waals surface area contributed by atoms with Gasteiger partial charge in [-0.25, -0.2) is 4.79 Å². The smallest absolute Gasteiger partial charge is 0.312 e. The molecule has 122 valence electrons. The second-order valence-corrected chi connectivity index (χ2v) is 4.71. The van der Waals surface area contributed by atoms with E-state index < -0.39 is 6.03 Å². The van der Waals surface area contributed by atoms with Gasteiger partial charge in [0.2, 0.25) is 5.91 Å². The fraction of sp³-hybridized carbons (Fsp3) is 0.467. The Hall–Kier alpha value is -2.44. The summed E-state index contributed by atoms with van der Waals surface area (Å²) >= 11 is 0. The molecule has 4 N–H and O–H groups in total. The molecule has 0 radical (unpaired) electrons. The molecule has 1 aromatic rings. The van der Waals surface area contributed by atoms with E-state index in [1.807, 2.05) is 12.1 Å². The third-order valence-corrected chi connectivity index (χ3v) is 3.07. The number of amides is 3. The largest absolute Gasteiger partial charge is 0.493 e. The SMILES string of the molecule is COc1ccc(CNC(=O)CCCCNC(N)=O)cc1OC. The molecule has 0 saturated carbocycles. The van der Waals surface area contributed by atoms with Crippen LogP contribution in [0.3, 0.4) is 0 Å². The minimum absolute atomic E-state index is 0.0335. The van der Waals surface area contributed by atoms with Gasteiger partial charge in [-0.2, -0.15) is 0 Å². The van der Waals surface area contributed by atoms with Gasteiger partial charge in [0.05, 0.1) is 14.2 Å². The van der Waals surface area contributed by atoms with Crippen LogP contribution < -0.4 is 25.8 Å². The molecule has 0 heterocycles. The molecule has 0 aliphatic carbocycles. The molecule has 1 rings (SSSR count). The molecule has 0 unspecified atom stereocenters. The Balaban J connectivity index is 2.30. The number of hydrogen-bond donors (Lipinski definition) is 3. The number of primary amides is 1. The standard InChI is InChI=1S/C15H23N3O4/c1-21-12-7-6-11(9-13(12)22-2)10-18-14(19)5-3-4-8-17-15(16)20/h6-7,9H,3-5,8,10H2,1-2H3,(H,18,19)(H3,16,17,20). The first-order chi connectivity index (χ1) is 10.6. The minimum Gasteiger partial charge on any atom is -0.493 e. The highest BCUT2D eigenvalue weighted by Gasteiger charge is 2.06. The number of rotatable bonds is 9. The molecule has 0 aliphatic rings. The molecular weight excluding hydrogens is 286 g/mol. The number of ether oxygens (including phenoxy) is 2. The van der Waals surface area contributed by atoms with Crippen molar-refractivity contribution in [3.63, 3.8) is 0 Å². The molecule has 0 aromatic heterocycles. The van der Waals surface area contributed by atoms with Crippen LogP contribution in [0.5, 0.6) is 11.5 Å². The number of carbonyl (C=O) groups excluding carboxylic acids is 2. The second kappa shape index (κ2) is 9.49. The van der Waals surface area contributed by atoms with E-state index in [2.05, 4.69) is 10.6 Å². The lowest BCUT2D eigenvalue weighted by Crippen LogP contribution is -2.30. The zero-order valence-corrected chi connectivity index (χ0v) is 13.0. The van der Waals surface area contributed by atoms with Crippen molar-refractivity contribution in [1.29, 1.82) is 0 Å². The van der Waals surface area contributed by atoms with Crippen LogP contribution >= 0.6 is 0 Å². The van der Waals surface area contributed by atoms with Crippen LogP contribution in [-0.2, 0) is 11.3 Å². The third-order valence-electron chi connectivity index (χ3n) is 3.07. The zero-order valence-electron chi connectivity index (χ0n) is 13.0. The summed E-state index contributed by atoms with van der Waals surface area (Å²) in [6, 6.07) is 4.96. The van der Waals surface area contributed by atoms with Gasteiger partial charge in [0.15, 0.2) is 11.5 Å². The van der Waals surface area contributed by atoms with Gasteiger partial charge in [0.1, 0.15) is 0 Å². The number of hydrogen-bond acceptors (Lipinski definition) is 4. The van der Waals surface area contributed by atoms with Crippen molar-refractivity contribution in [2.75, 3.05) is 20.8 Å². The maximum Gasteiger partial charge on any atom is 0.312 e. The molecule has 0 spiro atoms. The highest BCUT2D eigenvalue weighted by molar-refractivity contribution is 5.75. The highest BCUT2D eigenvalue weighted by atomic mass is 16.5. The summed E-state index contributed by atoms with van der Waals surface area (Å²) < 4.78 is 10.4. The molecule has 7 heteroatoms. The van der Waals surface area contributed by atoms with Crippen LogP contribution in [0.1, 0.15) is 24.8 Å². The third kappa shape index (κ3) is 6.34. The van der Waals surface area contributed by atoms with Gasteiger partial charge < -0.3 is 25.8 Å². The second-order valence-electron chi connectivity index (χ2n) is 4.71. The number of nitrogens with one attached hydrogen (secondary N) is 2. The normalized spacial score (nSPS) is 9.91. The molecule has 7 nitrogen and oxygen atoms in total. The molecule has 0 atom stereocenters. The van der Waals surface area contributed by atoms with Crippen LogP contribution in [0.4, 0.5) is 4.79 Å². The van der Waals surface area contributed by atoms with Crippen LogP contribution in [0, 0.1) is 0 Å². The topological polar surface area (TPSA) is 103 Å². The van der Waals surface area contributed by atoms with Crippen LogP contribution in [0.2, 0.25) is 0 Å².